The molecule has 0 amide bonds. The number of pyridine rings is 1. The minimum atomic E-state index is -4.35. The number of Topliss-reactive ketones (excluding diaryl/α,β-unsaturated/α-hetero) is 1. The molecule has 0 saturated carbocycles. The zero-order chi connectivity index (χ0) is 24.8. The van der Waals surface area contributed by atoms with Crippen LogP contribution in [0, 0.1) is 12.8 Å². The van der Waals surface area contributed by atoms with Gasteiger partial charge in [0.15, 0.2) is 6.61 Å². The highest BCUT2D eigenvalue weighted by Crippen LogP contribution is 2.30. The molecule has 10 heteroatoms. The van der Waals surface area contributed by atoms with Crippen molar-refractivity contribution in [3.05, 3.63) is 40.2 Å². The number of carbonyl (C=O) groups is 1. The Morgan fingerprint density at radius 1 is 1.29 bits per heavy atom. The molecule has 0 aliphatic carbocycles. The molecule has 0 aromatic carbocycles. The van der Waals surface area contributed by atoms with Crippen molar-refractivity contribution >= 4 is 17.1 Å². The fraction of sp³-hybridized carbons (Fsp3) is 0.640. The van der Waals surface area contributed by atoms with E-state index in [-0.39, 0.29) is 23.0 Å². The molecule has 0 N–H and O–H groups in total. The molecular formula is C25H32F3N3O3S. The van der Waals surface area contributed by atoms with Crippen LogP contribution in [0.5, 0.6) is 5.19 Å². The van der Waals surface area contributed by atoms with Gasteiger partial charge >= 0.3 is 6.18 Å². The number of halogens is 3. The van der Waals surface area contributed by atoms with Crippen molar-refractivity contribution < 1.29 is 27.4 Å². The topological polar surface area (TPSA) is 64.6 Å². The zero-order valence-electron chi connectivity index (χ0n) is 20.0. The summed E-state index contributed by atoms with van der Waals surface area (Å²) in [7, 11) is 0. The Bertz CT molecular complexity index is 964. The van der Waals surface area contributed by atoms with Gasteiger partial charge in [0.2, 0.25) is 0 Å². The van der Waals surface area contributed by atoms with Crippen LogP contribution in [0.2, 0.25) is 0 Å². The second-order valence-corrected chi connectivity index (χ2v) is 10.6. The fourth-order valence-electron chi connectivity index (χ4n) is 4.73. The molecule has 2 aliphatic heterocycles. The van der Waals surface area contributed by atoms with Crippen LogP contribution >= 0.6 is 11.3 Å². The van der Waals surface area contributed by atoms with E-state index in [0.717, 1.165) is 67.1 Å². The lowest BCUT2D eigenvalue weighted by Gasteiger charge is -2.30. The van der Waals surface area contributed by atoms with E-state index >= 15 is 0 Å². The molecule has 2 aromatic heterocycles. The van der Waals surface area contributed by atoms with Crippen molar-refractivity contribution in [1.29, 1.82) is 0 Å². The number of rotatable bonds is 9. The molecule has 2 aromatic rings. The lowest BCUT2D eigenvalue weighted by Crippen LogP contribution is -2.33. The van der Waals surface area contributed by atoms with E-state index in [1.807, 2.05) is 19.1 Å². The third-order valence-electron chi connectivity index (χ3n) is 6.55. The smallest absolute Gasteiger partial charge is 0.422 e. The number of fused-ring (bicyclic) bond motifs is 1. The lowest BCUT2D eigenvalue weighted by molar-refractivity contribution is -0.153. The average molecular weight is 512 g/mol. The van der Waals surface area contributed by atoms with Crippen LogP contribution in [0.1, 0.15) is 47.5 Å². The number of thiazole rings is 1. The molecule has 0 bridgehead atoms. The Morgan fingerprint density at radius 3 is 2.86 bits per heavy atom. The van der Waals surface area contributed by atoms with Crippen molar-refractivity contribution in [3.63, 3.8) is 0 Å². The molecule has 1 saturated heterocycles. The van der Waals surface area contributed by atoms with E-state index in [2.05, 4.69) is 14.9 Å². The van der Waals surface area contributed by atoms with Crippen molar-refractivity contribution in [2.75, 3.05) is 32.8 Å². The first-order chi connectivity index (χ1) is 16.7. The number of aromatic nitrogens is 2. The molecule has 0 spiro atoms. The highest BCUT2D eigenvalue weighted by molar-refractivity contribution is 7.13. The number of nitrogens with zero attached hydrogens (tertiary/aromatic N) is 3. The lowest BCUT2D eigenvalue weighted by atomic mass is 9.91. The van der Waals surface area contributed by atoms with Crippen molar-refractivity contribution in [2.45, 2.75) is 64.1 Å². The number of hydrogen-bond donors (Lipinski definition) is 0. The second-order valence-electron chi connectivity index (χ2n) is 9.51. The van der Waals surface area contributed by atoms with Crippen molar-refractivity contribution in [2.24, 2.45) is 5.92 Å². The zero-order valence-corrected chi connectivity index (χ0v) is 20.8. The molecule has 2 atom stereocenters. The molecule has 0 radical (unpaired) electrons. The van der Waals surface area contributed by atoms with E-state index < -0.39 is 12.8 Å². The molecule has 4 heterocycles. The summed E-state index contributed by atoms with van der Waals surface area (Å²) in [6, 6.07) is 3.86. The molecule has 1 fully saturated rings. The molecule has 0 unspecified atom stereocenters. The van der Waals surface area contributed by atoms with Gasteiger partial charge < -0.3 is 14.4 Å². The first kappa shape index (κ1) is 26.0. The second kappa shape index (κ2) is 11.8. The average Bonchev–Trinajstić information content (AvgIpc) is 3.10. The van der Waals surface area contributed by atoms with Crippen LogP contribution < -0.4 is 4.74 Å². The van der Waals surface area contributed by atoms with E-state index in [1.54, 1.807) is 6.20 Å². The largest absolute Gasteiger partial charge is 0.460 e. The van der Waals surface area contributed by atoms with Crippen LogP contribution in [-0.2, 0) is 28.8 Å². The summed E-state index contributed by atoms with van der Waals surface area (Å²) in [5.41, 5.74) is 2.80. The van der Waals surface area contributed by atoms with Gasteiger partial charge in [-0.25, -0.2) is 4.98 Å². The van der Waals surface area contributed by atoms with Crippen LogP contribution in [0.15, 0.2) is 18.3 Å². The molecule has 4 rings (SSSR count). The molecule has 2 aliphatic rings. The maximum atomic E-state index is 12.5. The molecular weight excluding hydrogens is 479 g/mol. The third kappa shape index (κ3) is 8.25. The predicted molar refractivity (Wildman–Crippen MR) is 127 cm³/mol. The highest BCUT2D eigenvalue weighted by Gasteiger charge is 2.30. The van der Waals surface area contributed by atoms with Gasteiger partial charge in [-0.3, -0.25) is 9.78 Å². The van der Waals surface area contributed by atoms with Crippen molar-refractivity contribution in [3.8, 4) is 5.19 Å². The monoisotopic (exact) mass is 511 g/mol. The van der Waals surface area contributed by atoms with Gasteiger partial charge in [0.05, 0.1) is 18.4 Å². The van der Waals surface area contributed by atoms with Gasteiger partial charge in [-0.15, -0.1) is 0 Å². The summed E-state index contributed by atoms with van der Waals surface area (Å²) in [6.07, 6.45) is 3.02. The Hall–Kier alpha value is -2.04. The first-order valence-electron chi connectivity index (χ1n) is 12.2. The standard InChI is InChI=1S/C25H32F3N3O3S/c1-17-12-18(4-8-29-17)13-20(32)14-19-2-3-21(33-15-19)5-9-31-10-6-22-23(7-11-31)35-24(30-22)34-16-25(26,27)28/h4,8,12,19,21H,2-3,5-7,9-11,13-16H2,1H3/t19-,21-/m1/s1. The Morgan fingerprint density at radius 2 is 2.11 bits per heavy atom. The van der Waals surface area contributed by atoms with E-state index in [9.17, 15) is 18.0 Å². The number of hydrogen-bond acceptors (Lipinski definition) is 7. The number of carbonyl (C=O) groups excluding carboxylic acids is 1. The normalized spacial score (nSPS) is 21.4. The fourth-order valence-corrected chi connectivity index (χ4v) is 5.67. The molecule has 192 valence electrons. The van der Waals surface area contributed by atoms with E-state index in [1.165, 1.54) is 11.3 Å². The van der Waals surface area contributed by atoms with Gasteiger partial charge in [-0.1, -0.05) is 11.3 Å². The predicted octanol–water partition coefficient (Wildman–Crippen LogP) is 4.58. The SMILES string of the molecule is Cc1cc(CC(=O)C[C@H]2CC[C@H](CCN3CCc4nc(OCC(F)(F)F)sc4CC3)OC2)ccn1. The molecule has 35 heavy (non-hydrogen) atoms. The maximum Gasteiger partial charge on any atom is 0.422 e. The number of alkyl halides is 3. The van der Waals surface area contributed by atoms with Gasteiger partial charge in [0, 0.05) is 55.7 Å². The van der Waals surface area contributed by atoms with Gasteiger partial charge in [-0.2, -0.15) is 13.2 Å². The molecule has 6 nitrogen and oxygen atoms in total. The number of ketones is 1. The summed E-state index contributed by atoms with van der Waals surface area (Å²) in [5.74, 6) is 0.538. The Kier molecular flexibility index (Phi) is 8.77. The maximum absolute atomic E-state index is 12.5. The van der Waals surface area contributed by atoms with Gasteiger partial charge in [0.1, 0.15) is 5.78 Å². The third-order valence-corrected chi connectivity index (χ3v) is 7.62. The van der Waals surface area contributed by atoms with Crippen molar-refractivity contribution in [1.82, 2.24) is 14.9 Å². The summed E-state index contributed by atoms with van der Waals surface area (Å²) < 4.78 is 48.0. The summed E-state index contributed by atoms with van der Waals surface area (Å²) in [5, 5.41) is 0.111. The van der Waals surface area contributed by atoms with E-state index in [4.69, 9.17) is 9.47 Å². The first-order valence-corrected chi connectivity index (χ1v) is 13.0. The van der Waals surface area contributed by atoms with Gasteiger partial charge in [0.25, 0.3) is 5.19 Å². The van der Waals surface area contributed by atoms with Crippen LogP contribution in [-0.4, -0.2) is 65.8 Å². The Balaban J connectivity index is 1.13. The minimum absolute atomic E-state index is 0.111. The van der Waals surface area contributed by atoms with Crippen LogP contribution in [0.4, 0.5) is 13.2 Å². The van der Waals surface area contributed by atoms with Crippen LogP contribution in [0.25, 0.3) is 0 Å². The van der Waals surface area contributed by atoms with E-state index in [0.29, 0.717) is 25.9 Å². The summed E-state index contributed by atoms with van der Waals surface area (Å²) in [6.45, 7) is 3.86. The summed E-state index contributed by atoms with van der Waals surface area (Å²) >= 11 is 1.23. The minimum Gasteiger partial charge on any atom is -0.460 e. The highest BCUT2D eigenvalue weighted by atomic mass is 32.1. The Labute approximate surface area is 207 Å². The quantitative estimate of drug-likeness (QED) is 0.491. The number of aryl methyl sites for hydroxylation is 1. The van der Waals surface area contributed by atoms with Crippen LogP contribution in [0.3, 0.4) is 0 Å². The summed E-state index contributed by atoms with van der Waals surface area (Å²) in [4.78, 5) is 24.3. The van der Waals surface area contributed by atoms with Gasteiger partial charge in [-0.05, 0) is 56.2 Å². The number of ether oxygens (including phenoxy) is 2.